The fourth-order valence-electron chi connectivity index (χ4n) is 7.61. The Morgan fingerprint density at radius 2 is 1.06 bits per heavy atom. The summed E-state index contributed by atoms with van der Waals surface area (Å²) in [7, 11) is 0. The van der Waals surface area contributed by atoms with Crippen molar-refractivity contribution in [2.45, 2.75) is 12.8 Å². The van der Waals surface area contributed by atoms with Gasteiger partial charge < -0.3 is 0 Å². The monoisotopic (exact) mass is 238 g/mol. The van der Waals surface area contributed by atoms with Gasteiger partial charge >= 0.3 is 0 Å². The lowest BCUT2D eigenvalue weighted by molar-refractivity contribution is -0.159. The van der Waals surface area contributed by atoms with E-state index in [1.165, 1.54) is 0 Å². The van der Waals surface area contributed by atoms with Crippen LogP contribution in [0.15, 0.2) is 24.3 Å². The van der Waals surface area contributed by atoms with Crippen molar-refractivity contribution in [2.24, 2.45) is 46.3 Å². The molecule has 4 atom stereocenters. The molecule has 2 nitrogen and oxygen atoms in total. The van der Waals surface area contributed by atoms with E-state index in [1.807, 2.05) is 0 Å². The molecule has 5 fully saturated rings. The molecule has 90 valence electrons. The molecule has 0 amide bonds. The van der Waals surface area contributed by atoms with Gasteiger partial charge in [0.05, 0.1) is 10.8 Å². The van der Waals surface area contributed by atoms with Crippen LogP contribution in [-0.4, -0.2) is 11.6 Å². The van der Waals surface area contributed by atoms with Crippen LogP contribution in [0.3, 0.4) is 0 Å². The molecule has 0 aromatic heterocycles. The Labute approximate surface area is 105 Å². The molecule has 8 bridgehead atoms. The highest BCUT2D eigenvalue weighted by molar-refractivity contribution is 6.06. The van der Waals surface area contributed by atoms with E-state index in [9.17, 15) is 9.59 Å². The first-order valence-corrected chi connectivity index (χ1v) is 7.19. The quantitative estimate of drug-likeness (QED) is 0.603. The first kappa shape index (κ1) is 8.84. The average molecular weight is 238 g/mol. The van der Waals surface area contributed by atoms with E-state index in [1.54, 1.807) is 0 Å². The maximum Gasteiger partial charge on any atom is 0.141 e. The zero-order valence-electron chi connectivity index (χ0n) is 10.0. The van der Waals surface area contributed by atoms with Gasteiger partial charge in [0.2, 0.25) is 0 Å². The zero-order chi connectivity index (χ0) is 11.9. The number of carbonyl (C=O) groups excluding carboxylic acids is 2. The predicted octanol–water partition coefficient (Wildman–Crippen LogP) is 1.77. The highest BCUT2D eigenvalue weighted by atomic mass is 16.1. The van der Waals surface area contributed by atoms with Crippen LogP contribution < -0.4 is 0 Å². The van der Waals surface area contributed by atoms with Gasteiger partial charge in [-0.1, -0.05) is 24.3 Å². The van der Waals surface area contributed by atoms with E-state index >= 15 is 0 Å². The van der Waals surface area contributed by atoms with E-state index in [0.29, 0.717) is 59.9 Å². The third-order valence-corrected chi connectivity index (χ3v) is 7.44. The van der Waals surface area contributed by atoms with E-state index in [-0.39, 0.29) is 10.8 Å². The van der Waals surface area contributed by atoms with Crippen molar-refractivity contribution in [3.63, 3.8) is 0 Å². The summed E-state index contributed by atoms with van der Waals surface area (Å²) in [6.45, 7) is 0. The highest BCUT2D eigenvalue weighted by Gasteiger charge is 2.92. The van der Waals surface area contributed by atoms with Crippen molar-refractivity contribution in [3.05, 3.63) is 24.3 Å². The Hall–Kier alpha value is -1.18. The molecule has 0 heterocycles. The van der Waals surface area contributed by atoms with Crippen LogP contribution in [0.1, 0.15) is 12.8 Å². The first-order valence-electron chi connectivity index (χ1n) is 7.19. The number of ketones is 2. The Morgan fingerprint density at radius 3 is 1.39 bits per heavy atom. The molecule has 0 saturated heterocycles. The van der Waals surface area contributed by atoms with Crippen LogP contribution in [0.5, 0.6) is 0 Å². The summed E-state index contributed by atoms with van der Waals surface area (Å²) in [5, 5.41) is 0. The van der Waals surface area contributed by atoms with Gasteiger partial charge in [0.25, 0.3) is 0 Å². The minimum Gasteiger partial charge on any atom is -0.299 e. The Morgan fingerprint density at radius 1 is 0.722 bits per heavy atom. The van der Waals surface area contributed by atoms with Gasteiger partial charge in [-0.15, -0.1) is 0 Å². The molecule has 7 aliphatic carbocycles. The Balaban J connectivity index is 1.82. The van der Waals surface area contributed by atoms with Gasteiger partial charge in [-0.25, -0.2) is 0 Å². The van der Waals surface area contributed by atoms with Gasteiger partial charge in [-0.05, 0) is 35.5 Å². The molecule has 0 radical (unpaired) electrons. The molecule has 0 unspecified atom stereocenters. The molecule has 0 aromatic rings. The van der Waals surface area contributed by atoms with Crippen LogP contribution in [-0.2, 0) is 9.59 Å². The van der Waals surface area contributed by atoms with E-state index in [0.717, 1.165) is 0 Å². The summed E-state index contributed by atoms with van der Waals surface area (Å²) in [6, 6.07) is 0. The fourth-order valence-corrected chi connectivity index (χ4v) is 7.61. The molecule has 2 heteroatoms. The lowest BCUT2D eigenvalue weighted by atomic mass is 9.47. The van der Waals surface area contributed by atoms with Gasteiger partial charge in [0, 0.05) is 12.8 Å². The largest absolute Gasteiger partial charge is 0.299 e. The second-order valence-electron chi connectivity index (χ2n) is 7.11. The Bertz CT molecular complexity index is 529. The van der Waals surface area contributed by atoms with Gasteiger partial charge in [-0.2, -0.15) is 0 Å². The number of carbonyl (C=O) groups is 2. The number of Topliss-reactive ketones (excluding diaryl/α,β-unsaturated/α-hetero) is 2. The lowest BCUT2D eigenvalue weighted by Crippen LogP contribution is -2.60. The van der Waals surface area contributed by atoms with Crippen LogP contribution in [0.25, 0.3) is 0 Å². The third-order valence-electron chi connectivity index (χ3n) is 7.44. The van der Waals surface area contributed by atoms with Crippen LogP contribution >= 0.6 is 0 Å². The second kappa shape index (κ2) is 2.09. The molecule has 0 aliphatic heterocycles. The average Bonchev–Trinajstić information content (AvgIpc) is 3.09. The van der Waals surface area contributed by atoms with Crippen molar-refractivity contribution < 1.29 is 9.59 Å². The van der Waals surface area contributed by atoms with Crippen LogP contribution in [0.2, 0.25) is 0 Å². The normalized spacial score (nSPS) is 67.8. The first-order chi connectivity index (χ1) is 8.75. The van der Waals surface area contributed by atoms with E-state index in [4.69, 9.17) is 0 Å². The van der Waals surface area contributed by atoms with Gasteiger partial charge in [-0.3, -0.25) is 9.59 Å². The maximum absolute atomic E-state index is 12.8. The summed E-state index contributed by atoms with van der Waals surface area (Å²) in [6.07, 6.45) is 10.2. The lowest BCUT2D eigenvalue weighted by Gasteiger charge is -2.53. The van der Waals surface area contributed by atoms with E-state index in [2.05, 4.69) is 24.3 Å². The molecular weight excluding hydrogens is 224 g/mol. The van der Waals surface area contributed by atoms with Gasteiger partial charge in [0.1, 0.15) is 11.6 Å². The molecule has 7 rings (SSSR count). The third kappa shape index (κ3) is 0.456. The van der Waals surface area contributed by atoms with Crippen molar-refractivity contribution in [1.82, 2.24) is 0 Å². The van der Waals surface area contributed by atoms with Gasteiger partial charge in [0.15, 0.2) is 0 Å². The Kier molecular flexibility index (Phi) is 1.02. The topological polar surface area (TPSA) is 34.1 Å². The summed E-state index contributed by atoms with van der Waals surface area (Å²) in [4.78, 5) is 25.6. The summed E-state index contributed by atoms with van der Waals surface area (Å²) >= 11 is 0. The fraction of sp³-hybridized carbons (Fsp3) is 0.625. The molecule has 5 saturated carbocycles. The summed E-state index contributed by atoms with van der Waals surface area (Å²) in [5.41, 5.74) is -0.562. The minimum atomic E-state index is -0.281. The maximum atomic E-state index is 12.8. The van der Waals surface area contributed by atoms with Crippen molar-refractivity contribution in [1.29, 1.82) is 0 Å². The standard InChI is InChI=1S/C16H14O2/c17-11-5-6-12(18)16-8-2-1-7-13(8)14-9(15(7,11)16)3-4-10(14)16/h1-4,7-10,13-14H,5-6H2/t7-,8-,9-,10-,13?,14?,15?,16?/m0/s1. The van der Waals surface area contributed by atoms with Crippen LogP contribution in [0.4, 0.5) is 0 Å². The molecule has 18 heavy (non-hydrogen) atoms. The molecule has 7 aliphatic rings. The minimum absolute atomic E-state index is 0.281. The second-order valence-corrected chi connectivity index (χ2v) is 7.11. The van der Waals surface area contributed by atoms with Crippen molar-refractivity contribution >= 4 is 11.6 Å². The summed E-state index contributed by atoms with van der Waals surface area (Å²) in [5.74, 6) is 3.66. The molecular formula is C16H14O2. The van der Waals surface area contributed by atoms with E-state index < -0.39 is 0 Å². The summed E-state index contributed by atoms with van der Waals surface area (Å²) < 4.78 is 0. The zero-order valence-corrected chi connectivity index (χ0v) is 10.0. The molecule has 0 N–H and O–H groups in total. The highest BCUT2D eigenvalue weighted by Crippen LogP contribution is 2.90. The number of hydrogen-bond acceptors (Lipinski definition) is 2. The number of hydrogen-bond donors (Lipinski definition) is 0. The SMILES string of the molecule is O=C1CCC(=O)C23[C@H]4C=C[C@H]5C4C4[C@H](C=C[C@@H]42)C153. The van der Waals surface area contributed by atoms with Crippen molar-refractivity contribution in [2.75, 3.05) is 0 Å². The predicted molar refractivity (Wildman–Crippen MR) is 63.3 cm³/mol. The number of rotatable bonds is 0. The number of allylic oxidation sites excluding steroid dienone is 4. The molecule has 0 aromatic carbocycles. The van der Waals surface area contributed by atoms with Crippen molar-refractivity contribution in [3.8, 4) is 0 Å². The van der Waals surface area contributed by atoms with Crippen LogP contribution in [0, 0.1) is 46.3 Å². The smallest absolute Gasteiger partial charge is 0.141 e. The molecule has 2 spiro atoms.